The van der Waals surface area contributed by atoms with Crippen molar-refractivity contribution < 1.29 is 9.26 Å². The Hall–Kier alpha value is -2.74. The van der Waals surface area contributed by atoms with Crippen LogP contribution in [0.5, 0.6) is 0 Å². The molecule has 0 amide bonds. The number of ether oxygens (including phenoxy) is 1. The number of nitrogens with one attached hydrogen (secondary N) is 1. The molecule has 2 aromatic carbocycles. The molecular weight excluding hydrogens is 468 g/mol. The largest absolute Gasteiger partial charge is 0.379 e. The molecule has 6 nitrogen and oxygen atoms in total. The van der Waals surface area contributed by atoms with E-state index in [1.807, 2.05) is 38.1 Å². The second kappa shape index (κ2) is 10.7. The second-order valence-electron chi connectivity index (χ2n) is 8.65. The average molecular weight is 497 g/mol. The second-order valence-corrected chi connectivity index (χ2v) is 9.47. The predicted octanol–water partition coefficient (Wildman–Crippen LogP) is 6.18. The summed E-state index contributed by atoms with van der Waals surface area (Å²) in [6, 6.07) is 15.6. The summed E-state index contributed by atoms with van der Waals surface area (Å²) in [5, 5.41) is 9.03. The van der Waals surface area contributed by atoms with Crippen molar-refractivity contribution in [2.24, 2.45) is 0 Å². The lowest BCUT2D eigenvalue weighted by atomic mass is 9.94. The molecule has 4 rings (SSSR count). The van der Waals surface area contributed by atoms with E-state index in [2.05, 4.69) is 53.5 Å². The van der Waals surface area contributed by atoms with E-state index in [4.69, 9.17) is 38.1 Å². The van der Waals surface area contributed by atoms with Crippen LogP contribution in [0.3, 0.4) is 0 Å². The third kappa shape index (κ3) is 5.49. The first-order chi connectivity index (χ1) is 16.3. The van der Waals surface area contributed by atoms with Gasteiger partial charge in [0.15, 0.2) is 5.11 Å². The quantitative estimate of drug-likeness (QED) is 0.295. The summed E-state index contributed by atoms with van der Waals surface area (Å²) in [4.78, 5) is 6.82. The number of allylic oxidation sites excluding steroid dienone is 1. The SMILES string of the molecule is CC1=C(c2nc(-c3cccc(Cl)c3)no2)C(c2ccc(C)cc2)NC(=S)N1CCCOC(C)C. The molecule has 0 saturated carbocycles. The number of hydrogen-bond acceptors (Lipinski definition) is 5. The van der Waals surface area contributed by atoms with Crippen molar-refractivity contribution in [1.29, 1.82) is 0 Å². The zero-order valence-electron chi connectivity index (χ0n) is 19.8. The van der Waals surface area contributed by atoms with E-state index < -0.39 is 0 Å². The molecule has 1 aliphatic rings. The van der Waals surface area contributed by atoms with Gasteiger partial charge in [0.05, 0.1) is 17.7 Å². The number of aryl methyl sites for hydroxylation is 1. The van der Waals surface area contributed by atoms with E-state index in [-0.39, 0.29) is 12.1 Å². The van der Waals surface area contributed by atoms with Gasteiger partial charge in [-0.1, -0.05) is 58.7 Å². The Kier molecular flexibility index (Phi) is 7.66. The number of benzene rings is 2. The van der Waals surface area contributed by atoms with Crippen LogP contribution in [0.15, 0.2) is 58.8 Å². The molecule has 2 heterocycles. The smallest absolute Gasteiger partial charge is 0.258 e. The maximum Gasteiger partial charge on any atom is 0.258 e. The zero-order valence-corrected chi connectivity index (χ0v) is 21.4. The molecule has 0 spiro atoms. The van der Waals surface area contributed by atoms with Gasteiger partial charge in [-0.05, 0) is 64.0 Å². The first-order valence-corrected chi connectivity index (χ1v) is 12.2. The molecule has 0 radical (unpaired) electrons. The molecule has 0 saturated heterocycles. The minimum absolute atomic E-state index is 0.202. The third-order valence-corrected chi connectivity index (χ3v) is 6.30. The Labute approximate surface area is 210 Å². The van der Waals surface area contributed by atoms with Crippen molar-refractivity contribution in [1.82, 2.24) is 20.4 Å². The van der Waals surface area contributed by atoms with Gasteiger partial charge in [-0.3, -0.25) is 0 Å². The minimum Gasteiger partial charge on any atom is -0.379 e. The van der Waals surface area contributed by atoms with Gasteiger partial charge >= 0.3 is 0 Å². The number of hydrogen-bond donors (Lipinski definition) is 1. The molecule has 8 heteroatoms. The summed E-state index contributed by atoms with van der Waals surface area (Å²) in [6.07, 6.45) is 1.05. The number of rotatable bonds is 8. The minimum atomic E-state index is -0.205. The molecule has 0 aliphatic carbocycles. The highest BCUT2D eigenvalue weighted by molar-refractivity contribution is 7.80. The first kappa shape index (κ1) is 24.4. The van der Waals surface area contributed by atoms with Crippen molar-refractivity contribution in [2.45, 2.75) is 46.3 Å². The molecule has 1 aromatic heterocycles. The van der Waals surface area contributed by atoms with Crippen LogP contribution in [0.4, 0.5) is 0 Å². The number of aromatic nitrogens is 2. The van der Waals surface area contributed by atoms with Crippen LogP contribution in [-0.4, -0.2) is 39.4 Å². The highest BCUT2D eigenvalue weighted by atomic mass is 35.5. The molecule has 34 heavy (non-hydrogen) atoms. The number of halogens is 1. The lowest BCUT2D eigenvalue weighted by Crippen LogP contribution is -2.46. The Morgan fingerprint density at radius 3 is 2.65 bits per heavy atom. The third-order valence-electron chi connectivity index (χ3n) is 5.72. The van der Waals surface area contributed by atoms with Gasteiger partial charge in [0.1, 0.15) is 0 Å². The summed E-state index contributed by atoms with van der Waals surface area (Å²) in [6.45, 7) is 9.59. The van der Waals surface area contributed by atoms with Gasteiger partial charge in [0.25, 0.3) is 5.89 Å². The molecule has 3 aromatic rings. The lowest BCUT2D eigenvalue weighted by Gasteiger charge is -2.37. The predicted molar refractivity (Wildman–Crippen MR) is 139 cm³/mol. The van der Waals surface area contributed by atoms with Crippen molar-refractivity contribution >= 4 is 34.5 Å². The average Bonchev–Trinajstić information content (AvgIpc) is 3.28. The van der Waals surface area contributed by atoms with Crippen LogP contribution < -0.4 is 5.32 Å². The van der Waals surface area contributed by atoms with E-state index in [1.165, 1.54) is 5.56 Å². The molecule has 1 aliphatic heterocycles. The Balaban J connectivity index is 1.71. The molecule has 1 unspecified atom stereocenters. The fourth-order valence-electron chi connectivity index (χ4n) is 3.96. The van der Waals surface area contributed by atoms with E-state index in [0.29, 0.717) is 28.5 Å². The van der Waals surface area contributed by atoms with Crippen LogP contribution >= 0.6 is 23.8 Å². The molecule has 0 bridgehead atoms. The Bertz CT molecular complexity index is 1190. The number of nitrogens with zero attached hydrogens (tertiary/aromatic N) is 3. The Morgan fingerprint density at radius 2 is 1.94 bits per heavy atom. The van der Waals surface area contributed by atoms with Gasteiger partial charge in [-0.15, -0.1) is 0 Å². The van der Waals surface area contributed by atoms with Gasteiger partial charge < -0.3 is 19.5 Å². The molecular formula is C26H29ClN4O2S. The van der Waals surface area contributed by atoms with Crippen LogP contribution in [0.25, 0.3) is 17.0 Å². The highest BCUT2D eigenvalue weighted by Crippen LogP contribution is 2.37. The van der Waals surface area contributed by atoms with Crippen LogP contribution in [0.2, 0.25) is 5.02 Å². The van der Waals surface area contributed by atoms with Crippen molar-refractivity contribution in [3.63, 3.8) is 0 Å². The van der Waals surface area contributed by atoms with Gasteiger partial charge in [0.2, 0.25) is 5.82 Å². The maximum absolute atomic E-state index is 6.17. The fraction of sp³-hybridized carbons (Fsp3) is 0.346. The van der Waals surface area contributed by atoms with E-state index in [9.17, 15) is 0 Å². The van der Waals surface area contributed by atoms with Crippen LogP contribution in [0.1, 0.15) is 50.3 Å². The summed E-state index contributed by atoms with van der Waals surface area (Å²) >= 11 is 11.9. The lowest BCUT2D eigenvalue weighted by molar-refractivity contribution is 0.0749. The van der Waals surface area contributed by atoms with E-state index in [1.54, 1.807) is 0 Å². The molecule has 1 N–H and O–H groups in total. The van der Waals surface area contributed by atoms with E-state index in [0.717, 1.165) is 35.4 Å². The van der Waals surface area contributed by atoms with Gasteiger partial charge in [0, 0.05) is 29.4 Å². The highest BCUT2D eigenvalue weighted by Gasteiger charge is 2.33. The van der Waals surface area contributed by atoms with Crippen molar-refractivity contribution in [3.8, 4) is 11.4 Å². The summed E-state index contributed by atoms with van der Waals surface area (Å²) < 4.78 is 11.5. The van der Waals surface area contributed by atoms with Crippen molar-refractivity contribution in [3.05, 3.63) is 76.3 Å². The van der Waals surface area contributed by atoms with Crippen LogP contribution in [0, 0.1) is 6.92 Å². The van der Waals surface area contributed by atoms with Crippen LogP contribution in [-0.2, 0) is 4.74 Å². The van der Waals surface area contributed by atoms with Gasteiger partial charge in [-0.2, -0.15) is 4.98 Å². The fourth-order valence-corrected chi connectivity index (χ4v) is 4.49. The topological polar surface area (TPSA) is 63.4 Å². The maximum atomic E-state index is 6.17. The molecule has 178 valence electrons. The normalized spacial score (nSPS) is 16.4. The van der Waals surface area contributed by atoms with Gasteiger partial charge in [-0.25, -0.2) is 0 Å². The summed E-state index contributed by atoms with van der Waals surface area (Å²) in [7, 11) is 0. The zero-order chi connectivity index (χ0) is 24.2. The first-order valence-electron chi connectivity index (χ1n) is 11.4. The summed E-state index contributed by atoms with van der Waals surface area (Å²) in [5.74, 6) is 0.946. The molecule has 1 atom stereocenters. The van der Waals surface area contributed by atoms with Crippen molar-refractivity contribution in [2.75, 3.05) is 13.2 Å². The number of thiocarbonyl (C=S) groups is 1. The molecule has 0 fully saturated rings. The summed E-state index contributed by atoms with van der Waals surface area (Å²) in [5.41, 5.74) is 4.96. The van der Waals surface area contributed by atoms with E-state index >= 15 is 0 Å². The Morgan fingerprint density at radius 1 is 1.18 bits per heavy atom. The monoisotopic (exact) mass is 496 g/mol. The standard InChI is InChI=1S/C26H29ClN4O2S/c1-16(2)32-14-6-13-31-18(4)22(23(28-26(31)34)19-11-9-17(3)10-12-19)25-29-24(30-33-25)20-7-5-8-21(27)15-20/h5,7-12,15-16,23H,6,13-14H2,1-4H3,(H,28,34).